The number of nitrogens with one attached hydrogen (secondary N) is 2. The second-order valence-electron chi connectivity index (χ2n) is 2.92. The molecule has 2 aromatic heterocycles. The molecule has 0 fully saturated rings. The fourth-order valence-electron chi connectivity index (χ4n) is 1.07. The number of aromatic carboxylic acids is 1. The molecule has 86 valence electrons. The molecule has 1 amide bonds. The number of tetrazole rings is 1. The lowest BCUT2D eigenvalue weighted by Crippen LogP contribution is -2.14. The van der Waals surface area contributed by atoms with Crippen molar-refractivity contribution in [2.24, 2.45) is 0 Å². The van der Waals surface area contributed by atoms with Gasteiger partial charge < -0.3 is 10.4 Å². The summed E-state index contributed by atoms with van der Waals surface area (Å²) in [5.41, 5.74) is 0.114. The number of H-pyrrole nitrogens is 1. The maximum absolute atomic E-state index is 11.5. The van der Waals surface area contributed by atoms with E-state index in [-0.39, 0.29) is 17.2 Å². The van der Waals surface area contributed by atoms with Gasteiger partial charge in [-0.05, 0) is 17.3 Å². The molecule has 0 spiro atoms. The number of carboxylic acids is 1. The average Bonchev–Trinajstić information content (AvgIpc) is 2.82. The Balaban J connectivity index is 2.16. The van der Waals surface area contributed by atoms with Gasteiger partial charge >= 0.3 is 5.97 Å². The summed E-state index contributed by atoms with van der Waals surface area (Å²) in [6.07, 6.45) is 1.27. The van der Waals surface area contributed by atoms with Crippen LogP contribution in [0.3, 0.4) is 0 Å². The molecule has 0 atom stereocenters. The normalized spacial score (nSPS) is 9.88. The molecule has 0 aromatic carbocycles. The minimum Gasteiger partial charge on any atom is -0.477 e. The zero-order chi connectivity index (χ0) is 12.3. The Morgan fingerprint density at radius 3 is 2.88 bits per heavy atom. The maximum atomic E-state index is 11.5. The predicted molar refractivity (Wildman–Crippen MR) is 53.3 cm³/mol. The van der Waals surface area contributed by atoms with Crippen LogP contribution < -0.4 is 5.32 Å². The number of nitrogens with zero attached hydrogens (tertiary/aromatic N) is 4. The second-order valence-corrected chi connectivity index (χ2v) is 2.92. The molecule has 9 nitrogen and oxygen atoms in total. The van der Waals surface area contributed by atoms with Crippen LogP contribution in [0.4, 0.5) is 5.69 Å². The van der Waals surface area contributed by atoms with Crippen LogP contribution in [0.5, 0.6) is 0 Å². The third kappa shape index (κ3) is 2.40. The van der Waals surface area contributed by atoms with E-state index in [0.717, 1.165) is 0 Å². The smallest absolute Gasteiger partial charge is 0.354 e. The van der Waals surface area contributed by atoms with Gasteiger partial charge in [0, 0.05) is 11.9 Å². The number of hydrogen-bond acceptors (Lipinski definition) is 6. The molecule has 0 saturated heterocycles. The number of carboxylic acid groups (broad SMARTS) is 1. The highest BCUT2D eigenvalue weighted by molar-refractivity contribution is 6.01. The molecule has 2 aromatic rings. The van der Waals surface area contributed by atoms with Crippen LogP contribution in [0.15, 0.2) is 18.3 Å². The molecule has 0 unspecified atom stereocenters. The lowest BCUT2D eigenvalue weighted by atomic mass is 10.3. The number of aromatic nitrogens is 5. The summed E-state index contributed by atoms with van der Waals surface area (Å²) in [6, 6.07) is 2.67. The third-order valence-electron chi connectivity index (χ3n) is 1.79. The van der Waals surface area contributed by atoms with Gasteiger partial charge in [-0.3, -0.25) is 4.79 Å². The van der Waals surface area contributed by atoms with E-state index < -0.39 is 11.9 Å². The van der Waals surface area contributed by atoms with Crippen LogP contribution in [0.25, 0.3) is 0 Å². The first-order chi connectivity index (χ1) is 8.16. The fourth-order valence-corrected chi connectivity index (χ4v) is 1.07. The van der Waals surface area contributed by atoms with E-state index in [1.807, 2.05) is 0 Å². The van der Waals surface area contributed by atoms with Gasteiger partial charge in [-0.25, -0.2) is 9.78 Å². The first kappa shape index (κ1) is 10.7. The molecule has 9 heteroatoms. The number of rotatable bonds is 3. The summed E-state index contributed by atoms with van der Waals surface area (Å²) in [5.74, 6) is -1.92. The molecule has 0 aliphatic rings. The molecule has 2 rings (SSSR count). The SMILES string of the molecule is O=C(O)c1cc(NC(=O)c2nn[nH]n2)ccn1. The van der Waals surface area contributed by atoms with Crippen LogP contribution in [-0.2, 0) is 0 Å². The van der Waals surface area contributed by atoms with E-state index >= 15 is 0 Å². The summed E-state index contributed by atoms with van der Waals surface area (Å²) in [7, 11) is 0. The van der Waals surface area contributed by atoms with Gasteiger partial charge in [0.05, 0.1) is 0 Å². The van der Waals surface area contributed by atoms with Crippen molar-refractivity contribution in [2.45, 2.75) is 0 Å². The monoisotopic (exact) mass is 234 g/mol. The lowest BCUT2D eigenvalue weighted by molar-refractivity contribution is 0.0690. The quantitative estimate of drug-likeness (QED) is 0.654. The summed E-state index contributed by atoms with van der Waals surface area (Å²) in [4.78, 5) is 25.8. The first-order valence-corrected chi connectivity index (χ1v) is 4.41. The highest BCUT2D eigenvalue weighted by Crippen LogP contribution is 2.08. The number of amides is 1. The molecule has 2 heterocycles. The van der Waals surface area contributed by atoms with Crippen molar-refractivity contribution in [2.75, 3.05) is 5.32 Å². The highest BCUT2D eigenvalue weighted by atomic mass is 16.4. The summed E-state index contributed by atoms with van der Waals surface area (Å²) in [6.45, 7) is 0. The van der Waals surface area contributed by atoms with E-state index in [0.29, 0.717) is 0 Å². The maximum Gasteiger partial charge on any atom is 0.354 e. The van der Waals surface area contributed by atoms with E-state index in [1.54, 1.807) is 0 Å². The van der Waals surface area contributed by atoms with Crippen molar-refractivity contribution in [1.82, 2.24) is 25.6 Å². The van der Waals surface area contributed by atoms with Crippen molar-refractivity contribution in [3.8, 4) is 0 Å². The van der Waals surface area contributed by atoms with Gasteiger partial charge in [-0.15, -0.1) is 10.2 Å². The standard InChI is InChI=1S/C8H6N6O3/c15-7(6-11-13-14-12-6)10-4-1-2-9-5(3-4)8(16)17/h1-3H,(H,16,17)(H,9,10,15)(H,11,12,13,14). The topological polar surface area (TPSA) is 134 Å². The van der Waals surface area contributed by atoms with Crippen LogP contribution in [0.2, 0.25) is 0 Å². The van der Waals surface area contributed by atoms with Crippen LogP contribution in [0, 0.1) is 0 Å². The predicted octanol–water partition coefficient (Wildman–Crippen LogP) is -0.455. The highest BCUT2D eigenvalue weighted by Gasteiger charge is 2.12. The number of anilines is 1. The van der Waals surface area contributed by atoms with Gasteiger partial charge in [0.15, 0.2) is 0 Å². The van der Waals surface area contributed by atoms with E-state index in [9.17, 15) is 9.59 Å². The van der Waals surface area contributed by atoms with Crippen molar-refractivity contribution in [3.63, 3.8) is 0 Å². The fraction of sp³-hybridized carbons (Fsp3) is 0. The van der Waals surface area contributed by atoms with Gasteiger partial charge in [-0.1, -0.05) is 0 Å². The van der Waals surface area contributed by atoms with E-state index in [1.165, 1.54) is 18.3 Å². The van der Waals surface area contributed by atoms with Crippen LogP contribution in [0.1, 0.15) is 21.1 Å². The van der Waals surface area contributed by atoms with Gasteiger partial charge in [0.1, 0.15) is 5.69 Å². The van der Waals surface area contributed by atoms with E-state index in [4.69, 9.17) is 5.11 Å². The summed E-state index contributed by atoms with van der Waals surface area (Å²) < 4.78 is 0. The molecule has 0 aliphatic carbocycles. The van der Waals surface area contributed by atoms with Gasteiger partial charge in [-0.2, -0.15) is 5.21 Å². The lowest BCUT2D eigenvalue weighted by Gasteiger charge is -2.02. The van der Waals surface area contributed by atoms with E-state index in [2.05, 4.69) is 30.9 Å². The Morgan fingerprint density at radius 1 is 1.41 bits per heavy atom. The van der Waals surface area contributed by atoms with Crippen LogP contribution >= 0.6 is 0 Å². The van der Waals surface area contributed by atoms with Gasteiger partial charge in [0.25, 0.3) is 11.7 Å². The average molecular weight is 234 g/mol. The zero-order valence-electron chi connectivity index (χ0n) is 8.28. The minimum atomic E-state index is -1.18. The minimum absolute atomic E-state index is 0.140. The summed E-state index contributed by atoms with van der Waals surface area (Å²) >= 11 is 0. The Kier molecular flexibility index (Phi) is 2.73. The zero-order valence-corrected chi connectivity index (χ0v) is 8.28. The molecule has 0 aliphatic heterocycles. The molecule has 0 bridgehead atoms. The Hall–Kier alpha value is -2.84. The van der Waals surface area contributed by atoms with Crippen molar-refractivity contribution in [1.29, 1.82) is 0 Å². The summed E-state index contributed by atoms with van der Waals surface area (Å²) in [5, 5.41) is 23.4. The Bertz CT molecular complexity index is 552. The second kappa shape index (κ2) is 4.35. The molecular weight excluding hydrogens is 228 g/mol. The molecule has 3 N–H and O–H groups in total. The third-order valence-corrected chi connectivity index (χ3v) is 1.79. The first-order valence-electron chi connectivity index (χ1n) is 4.41. The Morgan fingerprint density at radius 2 is 2.24 bits per heavy atom. The molecular formula is C8H6N6O3. The van der Waals surface area contributed by atoms with Crippen molar-refractivity contribution in [3.05, 3.63) is 29.8 Å². The van der Waals surface area contributed by atoms with Gasteiger partial charge in [0.2, 0.25) is 0 Å². The number of carbonyl (C=O) groups excluding carboxylic acids is 1. The van der Waals surface area contributed by atoms with Crippen LogP contribution in [-0.4, -0.2) is 42.6 Å². The van der Waals surface area contributed by atoms with Crippen molar-refractivity contribution >= 4 is 17.6 Å². The molecule has 0 radical (unpaired) electrons. The number of pyridine rings is 1. The Labute approximate surface area is 93.9 Å². The van der Waals surface area contributed by atoms with Crippen molar-refractivity contribution < 1.29 is 14.7 Å². The number of aromatic amines is 1. The molecule has 17 heavy (non-hydrogen) atoms. The number of carbonyl (C=O) groups is 2. The molecule has 0 saturated carbocycles. The largest absolute Gasteiger partial charge is 0.477 e. The number of hydrogen-bond donors (Lipinski definition) is 3.